The molecule has 5 rings (SSSR count). The van der Waals surface area contributed by atoms with E-state index in [0.29, 0.717) is 0 Å². The predicted molar refractivity (Wildman–Crippen MR) is 108 cm³/mol. The fourth-order valence-corrected chi connectivity index (χ4v) is 6.53. The van der Waals surface area contributed by atoms with Crippen molar-refractivity contribution in [3.05, 3.63) is 41.5 Å². The minimum atomic E-state index is -1.09. The van der Waals surface area contributed by atoms with Crippen LogP contribution in [0.25, 0.3) is 0 Å². The van der Waals surface area contributed by atoms with Crippen LogP contribution in [0, 0.1) is 11.3 Å². The summed E-state index contributed by atoms with van der Waals surface area (Å²) in [5.74, 6) is -0.834. The highest BCUT2D eigenvalue weighted by molar-refractivity contribution is 6.18. The third-order valence-electron chi connectivity index (χ3n) is 7.49. The number of esters is 2. The van der Waals surface area contributed by atoms with Gasteiger partial charge in [-0.25, -0.2) is 0 Å². The van der Waals surface area contributed by atoms with Crippen molar-refractivity contribution in [1.82, 2.24) is 4.90 Å². The zero-order valence-corrected chi connectivity index (χ0v) is 17.1. The normalized spacial score (nSPS) is 35.7. The van der Waals surface area contributed by atoms with Crippen molar-refractivity contribution in [2.45, 2.75) is 38.1 Å². The van der Waals surface area contributed by atoms with E-state index in [-0.39, 0.29) is 30.0 Å². The molecule has 29 heavy (non-hydrogen) atoms. The molecular weight excluding hydrogens is 368 g/mol. The van der Waals surface area contributed by atoms with Gasteiger partial charge in [-0.1, -0.05) is 29.8 Å². The van der Waals surface area contributed by atoms with Crippen molar-refractivity contribution in [2.75, 3.05) is 26.8 Å². The van der Waals surface area contributed by atoms with Gasteiger partial charge in [0, 0.05) is 25.4 Å². The number of para-hydroxylation sites is 1. The van der Waals surface area contributed by atoms with Crippen LogP contribution >= 0.6 is 0 Å². The third-order valence-corrected chi connectivity index (χ3v) is 7.49. The molecule has 1 spiro atoms. The van der Waals surface area contributed by atoms with Gasteiger partial charge in [0.25, 0.3) is 0 Å². The van der Waals surface area contributed by atoms with Crippen molar-refractivity contribution in [3.63, 3.8) is 0 Å². The summed E-state index contributed by atoms with van der Waals surface area (Å²) in [6.07, 6.45) is 3.88. The lowest BCUT2D eigenvalue weighted by Crippen LogP contribution is -2.68. The van der Waals surface area contributed by atoms with Gasteiger partial charge in [0.2, 0.25) is 0 Å². The second-order valence-corrected chi connectivity index (χ2v) is 8.51. The Hall–Kier alpha value is -2.47. The highest BCUT2D eigenvalue weighted by Crippen LogP contribution is 2.64. The van der Waals surface area contributed by atoms with E-state index in [9.17, 15) is 9.59 Å². The monoisotopic (exact) mass is 394 g/mol. The van der Waals surface area contributed by atoms with E-state index in [2.05, 4.69) is 24.0 Å². The summed E-state index contributed by atoms with van der Waals surface area (Å²) in [4.78, 5) is 32.9. The number of benzene rings is 1. The first-order valence-corrected chi connectivity index (χ1v) is 10.3. The average molecular weight is 394 g/mol. The number of hydrogen-bond donors (Lipinski definition) is 0. The van der Waals surface area contributed by atoms with Gasteiger partial charge >= 0.3 is 11.9 Å². The number of carbonyl (C=O) groups excluding carboxylic acids is 2. The van der Waals surface area contributed by atoms with E-state index in [1.165, 1.54) is 25.2 Å². The van der Waals surface area contributed by atoms with E-state index in [0.717, 1.165) is 37.3 Å². The number of allylic oxidation sites excluding steroid dienone is 1. The third kappa shape index (κ3) is 2.13. The van der Waals surface area contributed by atoms with Crippen LogP contribution in [0.3, 0.4) is 0 Å². The van der Waals surface area contributed by atoms with E-state index < -0.39 is 11.4 Å². The smallest absolute Gasteiger partial charge is 0.321 e. The summed E-state index contributed by atoms with van der Waals surface area (Å²) in [6.45, 7) is 5.29. The second kappa shape index (κ2) is 6.26. The zero-order valence-electron chi connectivity index (χ0n) is 17.1. The van der Waals surface area contributed by atoms with Crippen LogP contribution in [0.1, 0.15) is 32.3 Å². The zero-order chi connectivity index (χ0) is 20.4. The lowest BCUT2D eigenvalue weighted by atomic mass is 9.49. The molecule has 0 radical (unpaired) electrons. The lowest BCUT2D eigenvalue weighted by molar-refractivity contribution is -0.160. The van der Waals surface area contributed by atoms with Gasteiger partial charge in [0.1, 0.15) is 12.0 Å². The highest BCUT2D eigenvalue weighted by atomic mass is 16.5. The van der Waals surface area contributed by atoms with Crippen molar-refractivity contribution in [3.8, 4) is 0 Å². The highest BCUT2D eigenvalue weighted by Gasteiger charge is 2.72. The fourth-order valence-electron chi connectivity index (χ4n) is 6.53. The number of nitrogens with zero attached hydrogens (tertiary/aromatic N) is 2. The molecule has 1 aliphatic carbocycles. The van der Waals surface area contributed by atoms with Crippen LogP contribution in [0.15, 0.2) is 40.9 Å². The van der Waals surface area contributed by atoms with Crippen LogP contribution in [-0.2, 0) is 24.5 Å². The first-order valence-electron chi connectivity index (χ1n) is 10.3. The molecule has 2 saturated heterocycles. The summed E-state index contributed by atoms with van der Waals surface area (Å²) >= 11 is 0. The Kier molecular flexibility index (Phi) is 4.01. The van der Waals surface area contributed by atoms with Crippen molar-refractivity contribution in [1.29, 1.82) is 0 Å². The molecule has 0 aromatic heterocycles. The molecule has 6 nitrogen and oxygen atoms in total. The van der Waals surface area contributed by atoms with Crippen LogP contribution < -0.4 is 0 Å². The number of hydrogen-bond acceptors (Lipinski definition) is 6. The van der Waals surface area contributed by atoms with Crippen LogP contribution in [-0.4, -0.2) is 55.4 Å². The lowest BCUT2D eigenvalue weighted by Gasteiger charge is -2.56. The summed E-state index contributed by atoms with van der Waals surface area (Å²) in [7, 11) is 1.42. The number of methoxy groups -OCH3 is 1. The molecular formula is C23H26N2O4. The topological polar surface area (TPSA) is 68.2 Å². The van der Waals surface area contributed by atoms with Gasteiger partial charge in [0.05, 0.1) is 23.9 Å². The van der Waals surface area contributed by atoms with Crippen molar-refractivity contribution >= 4 is 23.3 Å². The molecule has 6 heteroatoms. The largest absolute Gasteiger partial charge is 0.468 e. The molecule has 3 fully saturated rings. The number of rotatable bonds is 3. The number of aliphatic imine (C=N–C) groups is 1. The van der Waals surface area contributed by atoms with Gasteiger partial charge in [0.15, 0.2) is 0 Å². The Morgan fingerprint density at radius 1 is 1.31 bits per heavy atom. The average Bonchev–Trinajstić information content (AvgIpc) is 3.29. The molecule has 1 aromatic carbocycles. The Bertz CT molecular complexity index is 967. The SMILES string of the molecule is C/C=C1\[C@@H]2CCN3CC[C@@]4(C(=Nc5ccccc54)C2(COC(C)=O)C(=O)OC)[C@@H]13. The van der Waals surface area contributed by atoms with E-state index in [4.69, 9.17) is 14.5 Å². The van der Waals surface area contributed by atoms with Gasteiger partial charge in [-0.3, -0.25) is 19.5 Å². The molecule has 1 aromatic rings. The maximum Gasteiger partial charge on any atom is 0.321 e. The van der Waals surface area contributed by atoms with Gasteiger partial charge < -0.3 is 9.47 Å². The minimum Gasteiger partial charge on any atom is -0.468 e. The summed E-state index contributed by atoms with van der Waals surface area (Å²) < 4.78 is 10.9. The Morgan fingerprint density at radius 3 is 2.83 bits per heavy atom. The number of carbonyl (C=O) groups is 2. The first kappa shape index (κ1) is 18.6. The van der Waals surface area contributed by atoms with E-state index >= 15 is 0 Å². The first-order chi connectivity index (χ1) is 14.0. The molecule has 0 amide bonds. The van der Waals surface area contributed by atoms with Crippen LogP contribution in [0.5, 0.6) is 0 Å². The maximum absolute atomic E-state index is 13.5. The molecule has 4 aliphatic rings. The molecule has 2 bridgehead atoms. The van der Waals surface area contributed by atoms with E-state index in [1.807, 2.05) is 18.2 Å². The maximum atomic E-state index is 13.5. The minimum absolute atomic E-state index is 0.0295. The molecule has 1 unspecified atom stereocenters. The molecule has 4 atom stereocenters. The Balaban J connectivity index is 1.82. The fraction of sp³-hybridized carbons (Fsp3) is 0.522. The molecule has 0 N–H and O–H groups in total. The molecule has 1 saturated carbocycles. The standard InChI is InChI=1S/C23H26N2O4/c1-4-15-16-9-11-25-12-10-22(19(15)25)17-7-5-6-8-18(17)24-20(22)23(16,21(27)28-3)13-29-14(2)26/h4-8,16,19H,9-13H2,1-3H3/b15-4+/t16-,19+,22-,23?/m0/s1. The number of piperidine rings is 1. The number of fused-ring (bicyclic) bond motifs is 2. The van der Waals surface area contributed by atoms with Crippen LogP contribution in [0.4, 0.5) is 5.69 Å². The van der Waals surface area contributed by atoms with E-state index in [1.54, 1.807) is 0 Å². The molecule has 152 valence electrons. The van der Waals surface area contributed by atoms with Gasteiger partial charge in [-0.15, -0.1) is 0 Å². The predicted octanol–water partition coefficient (Wildman–Crippen LogP) is 2.79. The number of ether oxygens (including phenoxy) is 2. The summed E-state index contributed by atoms with van der Waals surface area (Å²) in [6, 6.07) is 8.39. The van der Waals surface area contributed by atoms with Gasteiger partial charge in [-0.2, -0.15) is 0 Å². The molecule has 3 heterocycles. The Morgan fingerprint density at radius 2 is 2.10 bits per heavy atom. The van der Waals surface area contributed by atoms with Gasteiger partial charge in [-0.05, 0) is 37.9 Å². The van der Waals surface area contributed by atoms with Crippen molar-refractivity contribution < 1.29 is 19.1 Å². The summed E-state index contributed by atoms with van der Waals surface area (Å²) in [5.41, 5.74) is 2.73. The Labute approximate surface area is 170 Å². The molecule has 3 aliphatic heterocycles. The second-order valence-electron chi connectivity index (χ2n) is 8.51. The van der Waals surface area contributed by atoms with Crippen molar-refractivity contribution in [2.24, 2.45) is 16.3 Å². The quantitative estimate of drug-likeness (QED) is 0.583. The summed E-state index contributed by atoms with van der Waals surface area (Å²) in [5, 5.41) is 0. The van der Waals surface area contributed by atoms with Crippen LogP contribution in [0.2, 0.25) is 0 Å².